The average molecular weight is 295 g/mol. The summed E-state index contributed by atoms with van der Waals surface area (Å²) >= 11 is -4.21. The number of aliphatic hydroxyl groups is 1. The summed E-state index contributed by atoms with van der Waals surface area (Å²) in [7, 11) is 0. The molecule has 0 amide bonds. The Morgan fingerprint density at radius 1 is 1.38 bits per heavy atom. The van der Waals surface area contributed by atoms with Crippen molar-refractivity contribution in [2.24, 2.45) is 0 Å². The molecular weight excluding hydrogens is 286 g/mol. The molecule has 0 atom stereocenters. The summed E-state index contributed by atoms with van der Waals surface area (Å²) in [6, 6.07) is 0. The van der Waals surface area contributed by atoms with Gasteiger partial charge < -0.3 is 12.5 Å². The van der Waals surface area contributed by atoms with E-state index in [1.807, 2.05) is 0 Å². The van der Waals surface area contributed by atoms with Gasteiger partial charge in [-0.3, -0.25) is 0 Å². The van der Waals surface area contributed by atoms with Crippen molar-refractivity contribution >= 4 is 0 Å². The number of hydrogen-bond acceptors (Lipinski definition) is 4. The second-order valence-corrected chi connectivity index (χ2v) is 1.86. The zero-order valence-corrected chi connectivity index (χ0v) is 7.47. The molecule has 0 saturated heterocycles. The molecular formula is C3H9O4Re-. The molecule has 0 aromatic rings. The van der Waals surface area contributed by atoms with Crippen LogP contribution in [-0.4, -0.2) is 11.7 Å². The first-order chi connectivity index (χ1) is 3.15. The van der Waals surface area contributed by atoms with Gasteiger partial charge in [0.1, 0.15) is 0 Å². The first kappa shape index (κ1) is 15.7. The Kier molecular flexibility index (Phi) is 30.9. The molecule has 0 rings (SSSR count). The topological polar surface area (TPSA) is 71.4 Å². The Labute approximate surface area is 53.7 Å². The van der Waals surface area contributed by atoms with Gasteiger partial charge in [0.05, 0.1) is 0 Å². The third-order valence-corrected chi connectivity index (χ3v) is 0. The Bertz CT molecular complexity index is 91.5. The summed E-state index contributed by atoms with van der Waals surface area (Å²) in [6.07, 6.45) is 0. The Morgan fingerprint density at radius 3 is 1.38 bits per heavy atom. The fourth-order valence-corrected chi connectivity index (χ4v) is 0. The van der Waals surface area contributed by atoms with Crippen LogP contribution in [-0.2, 0) is 27.0 Å². The quantitative estimate of drug-likeness (QED) is 0.643. The summed E-state index contributed by atoms with van der Waals surface area (Å²) in [4.78, 5) is 0. The van der Waals surface area contributed by atoms with Crippen molar-refractivity contribution in [2.75, 3.05) is 6.61 Å². The molecule has 0 unspecified atom stereocenters. The molecule has 0 aliphatic carbocycles. The summed E-state index contributed by atoms with van der Waals surface area (Å²) in [5, 5.41) is 7.57. The minimum atomic E-state index is -4.21. The summed E-state index contributed by atoms with van der Waals surface area (Å²) in [5.41, 5.74) is 0. The van der Waals surface area contributed by atoms with E-state index in [9.17, 15) is 0 Å². The van der Waals surface area contributed by atoms with Crippen molar-refractivity contribution in [1.82, 2.24) is 0 Å². The molecule has 8 heavy (non-hydrogen) atoms. The third kappa shape index (κ3) is 304000. The standard InChI is InChI=1S/C2H6O.CH3.3O.Re/c1-2-3;;;;;/h3H,2H2,1H3;1H3;;;;/q;-1;;;;. The maximum absolute atomic E-state index is 8.60. The van der Waals surface area contributed by atoms with Crippen LogP contribution >= 0.6 is 0 Å². The maximum atomic E-state index is 8.60. The van der Waals surface area contributed by atoms with Crippen molar-refractivity contribution in [3.8, 4) is 0 Å². The van der Waals surface area contributed by atoms with E-state index in [-0.39, 0.29) is 14.0 Å². The van der Waals surface area contributed by atoms with E-state index in [1.165, 1.54) is 0 Å². The zero-order valence-electron chi connectivity index (χ0n) is 4.76. The van der Waals surface area contributed by atoms with Gasteiger partial charge >= 0.3 is 27.0 Å². The molecule has 0 spiro atoms. The van der Waals surface area contributed by atoms with E-state index >= 15 is 0 Å². The van der Waals surface area contributed by atoms with E-state index in [0.29, 0.717) is 0 Å². The molecule has 0 bridgehead atoms. The van der Waals surface area contributed by atoms with Crippen molar-refractivity contribution < 1.29 is 32.1 Å². The monoisotopic (exact) mass is 296 g/mol. The summed E-state index contributed by atoms with van der Waals surface area (Å²) in [6.45, 7) is 1.93. The first-order valence-corrected chi connectivity index (χ1v) is 4.81. The molecule has 0 aliphatic heterocycles. The van der Waals surface area contributed by atoms with E-state index in [1.54, 1.807) is 6.92 Å². The zero-order chi connectivity index (χ0) is 6.28. The van der Waals surface area contributed by atoms with Gasteiger partial charge in [-0.25, -0.2) is 0 Å². The van der Waals surface area contributed by atoms with Gasteiger partial charge in [0.15, 0.2) is 0 Å². The van der Waals surface area contributed by atoms with Gasteiger partial charge in [-0.1, -0.05) is 0 Å². The van der Waals surface area contributed by atoms with Crippen LogP contribution in [0.2, 0.25) is 0 Å². The van der Waals surface area contributed by atoms with Crippen molar-refractivity contribution in [2.45, 2.75) is 6.92 Å². The van der Waals surface area contributed by atoms with Crippen LogP contribution in [0.25, 0.3) is 0 Å². The number of rotatable bonds is 0. The second kappa shape index (κ2) is 15.7. The van der Waals surface area contributed by atoms with Gasteiger partial charge in [-0.2, -0.15) is 0 Å². The van der Waals surface area contributed by atoms with Crippen LogP contribution in [0.3, 0.4) is 0 Å². The second-order valence-electron chi connectivity index (χ2n) is 0.505. The van der Waals surface area contributed by atoms with Crippen LogP contribution in [0.5, 0.6) is 0 Å². The summed E-state index contributed by atoms with van der Waals surface area (Å²) in [5.74, 6) is 0. The van der Waals surface area contributed by atoms with E-state index in [4.69, 9.17) is 15.5 Å². The summed E-state index contributed by atoms with van der Waals surface area (Å²) < 4.78 is 25.8. The Hall–Kier alpha value is 0.0223. The molecule has 0 aromatic heterocycles. The van der Waals surface area contributed by atoms with Crippen molar-refractivity contribution in [3.05, 3.63) is 7.43 Å². The van der Waals surface area contributed by atoms with Gasteiger partial charge in [0.2, 0.25) is 0 Å². The number of hydrogen-bond donors (Lipinski definition) is 1. The van der Waals surface area contributed by atoms with Gasteiger partial charge in [0, 0.05) is 6.61 Å². The van der Waals surface area contributed by atoms with Gasteiger partial charge in [0.25, 0.3) is 0 Å². The molecule has 0 aromatic carbocycles. The molecule has 4 nitrogen and oxygen atoms in total. The van der Waals surface area contributed by atoms with E-state index in [2.05, 4.69) is 0 Å². The average Bonchev–Trinajstić information content (AvgIpc) is 1.33. The molecule has 53 valence electrons. The SMILES string of the molecule is CCO.[CH3-].[O]=[Re](=[O])=[O]. The van der Waals surface area contributed by atoms with E-state index < -0.39 is 16.6 Å². The molecule has 0 radical (unpaired) electrons. The van der Waals surface area contributed by atoms with Gasteiger partial charge in [-0.05, 0) is 6.92 Å². The fourth-order valence-electron chi connectivity index (χ4n) is 0. The van der Waals surface area contributed by atoms with Crippen LogP contribution in [0.4, 0.5) is 0 Å². The normalized spacial score (nSPS) is 5.25. The van der Waals surface area contributed by atoms with Crippen molar-refractivity contribution in [1.29, 1.82) is 0 Å². The van der Waals surface area contributed by atoms with Crippen LogP contribution in [0.15, 0.2) is 0 Å². The molecule has 0 saturated carbocycles. The van der Waals surface area contributed by atoms with Crippen LogP contribution in [0, 0.1) is 7.43 Å². The fraction of sp³-hybridized carbons (Fsp3) is 0.667. The van der Waals surface area contributed by atoms with Gasteiger partial charge in [-0.15, -0.1) is 0 Å². The predicted octanol–water partition coefficient (Wildman–Crippen LogP) is 0.0900. The van der Waals surface area contributed by atoms with Crippen LogP contribution in [0.1, 0.15) is 6.92 Å². The van der Waals surface area contributed by atoms with E-state index in [0.717, 1.165) is 0 Å². The van der Waals surface area contributed by atoms with Crippen LogP contribution < -0.4 is 0 Å². The van der Waals surface area contributed by atoms with Crippen molar-refractivity contribution in [3.63, 3.8) is 0 Å². The Balaban J connectivity index is -0.0000000575. The first-order valence-electron chi connectivity index (χ1n) is 1.49. The molecule has 0 aliphatic rings. The number of aliphatic hydroxyl groups excluding tert-OH is 1. The third-order valence-electron chi connectivity index (χ3n) is 0. The Morgan fingerprint density at radius 2 is 1.38 bits per heavy atom. The molecule has 0 fully saturated rings. The molecule has 0 heterocycles. The predicted molar refractivity (Wildman–Crippen MR) is 21.2 cm³/mol. The molecule has 5 heteroatoms. The minimum absolute atomic E-state index is 0. The molecule has 1 N–H and O–H groups in total.